The maximum absolute atomic E-state index is 10.1. The Morgan fingerprint density at radius 3 is 2.47 bits per heavy atom. The molecule has 1 N–H and O–H groups in total. The van der Waals surface area contributed by atoms with Gasteiger partial charge in [-0.05, 0) is 24.1 Å². The van der Waals surface area contributed by atoms with E-state index in [-0.39, 0.29) is 0 Å². The summed E-state index contributed by atoms with van der Waals surface area (Å²) in [5.41, 5.74) is 3.12. The second-order valence-electron chi connectivity index (χ2n) is 4.12. The normalized spacial score (nSPS) is 12.4. The lowest BCUT2D eigenvalue weighted by Crippen LogP contribution is -2.02. The third kappa shape index (κ3) is 3.29. The first-order valence-corrected chi connectivity index (χ1v) is 5.88. The number of benzene rings is 1. The molecule has 2 aromatic rings. The van der Waals surface area contributed by atoms with Crippen molar-refractivity contribution < 1.29 is 5.11 Å². The lowest BCUT2D eigenvalue weighted by molar-refractivity contribution is 0.178. The van der Waals surface area contributed by atoms with E-state index in [2.05, 4.69) is 4.98 Å². The molecule has 2 nitrogen and oxygen atoms in total. The number of rotatable bonds is 3. The van der Waals surface area contributed by atoms with E-state index in [9.17, 15) is 5.11 Å². The first-order chi connectivity index (χ1) is 8.15. The van der Waals surface area contributed by atoms with Crippen LogP contribution in [0.15, 0.2) is 42.6 Å². The van der Waals surface area contributed by atoms with Gasteiger partial charge in [-0.25, -0.2) is 4.98 Å². The molecule has 0 amide bonds. The minimum atomic E-state index is -0.539. The van der Waals surface area contributed by atoms with Crippen LogP contribution in [0.25, 0.3) is 0 Å². The molecule has 0 saturated heterocycles. The van der Waals surface area contributed by atoms with E-state index in [1.54, 1.807) is 18.3 Å². The van der Waals surface area contributed by atoms with Crippen molar-refractivity contribution in [3.63, 3.8) is 0 Å². The molecule has 1 heterocycles. The minimum Gasteiger partial charge on any atom is -0.388 e. The van der Waals surface area contributed by atoms with Crippen molar-refractivity contribution in [3.05, 3.63) is 64.4 Å². The van der Waals surface area contributed by atoms with Gasteiger partial charge in [0.1, 0.15) is 5.15 Å². The third-order valence-corrected chi connectivity index (χ3v) is 2.91. The summed E-state index contributed by atoms with van der Waals surface area (Å²) in [6, 6.07) is 11.6. The van der Waals surface area contributed by atoms with Crippen molar-refractivity contribution in [2.75, 3.05) is 0 Å². The first kappa shape index (κ1) is 12.1. The van der Waals surface area contributed by atoms with Gasteiger partial charge in [0.15, 0.2) is 0 Å². The zero-order valence-corrected chi connectivity index (χ0v) is 10.4. The Morgan fingerprint density at radius 1 is 1.18 bits per heavy atom. The van der Waals surface area contributed by atoms with Gasteiger partial charge in [0, 0.05) is 12.6 Å². The highest BCUT2D eigenvalue weighted by molar-refractivity contribution is 6.29. The summed E-state index contributed by atoms with van der Waals surface area (Å²) in [6.07, 6.45) is 1.66. The van der Waals surface area contributed by atoms with Crippen LogP contribution in [0.1, 0.15) is 22.8 Å². The fraction of sp³-hybridized carbons (Fsp3) is 0.214. The standard InChI is InChI=1S/C14H14ClNO/c1-10-2-4-11(5-3-10)8-13(17)12-6-7-14(15)16-9-12/h2-7,9,13,17H,8H2,1H3. The van der Waals surface area contributed by atoms with Gasteiger partial charge in [0.05, 0.1) is 6.10 Å². The molecule has 0 aliphatic carbocycles. The molecule has 0 spiro atoms. The van der Waals surface area contributed by atoms with Gasteiger partial charge in [-0.15, -0.1) is 0 Å². The van der Waals surface area contributed by atoms with E-state index in [0.29, 0.717) is 11.6 Å². The summed E-state index contributed by atoms with van der Waals surface area (Å²) in [7, 11) is 0. The molecule has 1 aromatic heterocycles. The average Bonchev–Trinajstić information content (AvgIpc) is 2.33. The number of aromatic nitrogens is 1. The Morgan fingerprint density at radius 2 is 1.88 bits per heavy atom. The highest BCUT2D eigenvalue weighted by atomic mass is 35.5. The van der Waals surface area contributed by atoms with E-state index in [0.717, 1.165) is 11.1 Å². The largest absolute Gasteiger partial charge is 0.388 e. The van der Waals surface area contributed by atoms with Gasteiger partial charge in [0.25, 0.3) is 0 Å². The molecule has 3 heteroatoms. The quantitative estimate of drug-likeness (QED) is 0.844. The molecule has 0 radical (unpaired) electrons. The number of aliphatic hydroxyl groups excluding tert-OH is 1. The molecular weight excluding hydrogens is 234 g/mol. The van der Waals surface area contributed by atoms with Crippen molar-refractivity contribution in [3.8, 4) is 0 Å². The Balaban J connectivity index is 2.08. The molecule has 1 unspecified atom stereocenters. The molecule has 0 fully saturated rings. The SMILES string of the molecule is Cc1ccc(CC(O)c2ccc(Cl)nc2)cc1. The van der Waals surface area contributed by atoms with Gasteiger partial charge in [-0.1, -0.05) is 47.5 Å². The van der Waals surface area contributed by atoms with Gasteiger partial charge in [-0.2, -0.15) is 0 Å². The molecule has 0 aliphatic heterocycles. The van der Waals surface area contributed by atoms with Gasteiger partial charge < -0.3 is 5.11 Å². The summed E-state index contributed by atoms with van der Waals surface area (Å²) < 4.78 is 0. The molecule has 1 atom stereocenters. The summed E-state index contributed by atoms with van der Waals surface area (Å²) in [5.74, 6) is 0. The number of aliphatic hydroxyl groups is 1. The van der Waals surface area contributed by atoms with Crippen LogP contribution in [-0.4, -0.2) is 10.1 Å². The van der Waals surface area contributed by atoms with Gasteiger partial charge in [0.2, 0.25) is 0 Å². The molecule has 17 heavy (non-hydrogen) atoms. The number of hydrogen-bond acceptors (Lipinski definition) is 2. The Kier molecular flexibility index (Phi) is 3.77. The number of aryl methyl sites for hydroxylation is 1. The average molecular weight is 248 g/mol. The summed E-state index contributed by atoms with van der Waals surface area (Å²) in [5, 5.41) is 10.5. The maximum atomic E-state index is 10.1. The molecule has 0 bridgehead atoms. The van der Waals surface area contributed by atoms with Crippen molar-refractivity contribution in [1.29, 1.82) is 0 Å². The van der Waals surface area contributed by atoms with Crippen LogP contribution in [0.4, 0.5) is 0 Å². The van der Waals surface area contributed by atoms with Crippen LogP contribution in [0, 0.1) is 6.92 Å². The Labute approximate surface area is 106 Å². The highest BCUT2D eigenvalue weighted by Gasteiger charge is 2.08. The van der Waals surface area contributed by atoms with Crippen molar-refractivity contribution >= 4 is 11.6 Å². The molecule has 0 saturated carbocycles. The zero-order valence-electron chi connectivity index (χ0n) is 9.60. The van der Waals surface area contributed by atoms with Crippen LogP contribution in [0.3, 0.4) is 0 Å². The molecule has 88 valence electrons. The van der Waals surface area contributed by atoms with E-state index >= 15 is 0 Å². The van der Waals surface area contributed by atoms with E-state index in [1.165, 1.54) is 5.56 Å². The van der Waals surface area contributed by atoms with Crippen molar-refractivity contribution in [2.45, 2.75) is 19.4 Å². The fourth-order valence-corrected chi connectivity index (χ4v) is 1.76. The smallest absolute Gasteiger partial charge is 0.129 e. The van der Waals surface area contributed by atoms with Crippen molar-refractivity contribution in [1.82, 2.24) is 4.98 Å². The summed E-state index contributed by atoms with van der Waals surface area (Å²) in [4.78, 5) is 3.96. The van der Waals surface area contributed by atoms with Crippen LogP contribution in [-0.2, 0) is 6.42 Å². The minimum absolute atomic E-state index is 0.441. The second kappa shape index (κ2) is 5.30. The molecular formula is C14H14ClNO. The van der Waals surface area contributed by atoms with E-state index < -0.39 is 6.10 Å². The highest BCUT2D eigenvalue weighted by Crippen LogP contribution is 2.18. The number of pyridine rings is 1. The Bertz CT molecular complexity index is 479. The number of halogens is 1. The lowest BCUT2D eigenvalue weighted by Gasteiger charge is -2.10. The van der Waals surface area contributed by atoms with Crippen LogP contribution in [0.5, 0.6) is 0 Å². The number of nitrogens with zero attached hydrogens (tertiary/aromatic N) is 1. The molecule has 1 aromatic carbocycles. The van der Waals surface area contributed by atoms with Gasteiger partial charge in [-0.3, -0.25) is 0 Å². The maximum Gasteiger partial charge on any atom is 0.129 e. The third-order valence-electron chi connectivity index (χ3n) is 2.68. The lowest BCUT2D eigenvalue weighted by atomic mass is 10.0. The molecule has 2 rings (SSSR count). The molecule has 0 aliphatic rings. The van der Waals surface area contributed by atoms with Crippen LogP contribution >= 0.6 is 11.6 Å². The van der Waals surface area contributed by atoms with E-state index in [1.807, 2.05) is 31.2 Å². The van der Waals surface area contributed by atoms with Gasteiger partial charge >= 0.3 is 0 Å². The first-order valence-electron chi connectivity index (χ1n) is 5.50. The monoisotopic (exact) mass is 247 g/mol. The topological polar surface area (TPSA) is 33.1 Å². The van der Waals surface area contributed by atoms with Crippen LogP contribution in [0.2, 0.25) is 5.15 Å². The Hall–Kier alpha value is -1.38. The number of hydrogen-bond donors (Lipinski definition) is 1. The predicted molar refractivity (Wildman–Crippen MR) is 69.1 cm³/mol. The summed E-state index contributed by atoms with van der Waals surface area (Å²) >= 11 is 5.70. The second-order valence-corrected chi connectivity index (χ2v) is 4.51. The van der Waals surface area contributed by atoms with E-state index in [4.69, 9.17) is 11.6 Å². The van der Waals surface area contributed by atoms with Crippen LogP contribution < -0.4 is 0 Å². The van der Waals surface area contributed by atoms with Crippen molar-refractivity contribution in [2.24, 2.45) is 0 Å². The summed E-state index contributed by atoms with van der Waals surface area (Å²) in [6.45, 7) is 2.04. The zero-order chi connectivity index (χ0) is 12.3. The fourth-order valence-electron chi connectivity index (χ4n) is 1.65. The predicted octanol–water partition coefficient (Wildman–Crippen LogP) is 3.32.